The summed E-state index contributed by atoms with van der Waals surface area (Å²) >= 11 is 0. The molecule has 0 aliphatic heterocycles. The number of rotatable bonds is 9. The van der Waals surface area contributed by atoms with Gasteiger partial charge in [-0.05, 0) is 18.4 Å². The van der Waals surface area contributed by atoms with Crippen LogP contribution >= 0.6 is 7.37 Å². The monoisotopic (exact) mass is 328 g/mol. The van der Waals surface area contributed by atoms with Crippen molar-refractivity contribution in [3.8, 4) is 0 Å². The van der Waals surface area contributed by atoms with Crippen molar-refractivity contribution < 1.29 is 29.3 Å². The summed E-state index contributed by atoms with van der Waals surface area (Å²) in [7, 11) is -3.77. The van der Waals surface area contributed by atoms with E-state index >= 15 is 0 Å². The van der Waals surface area contributed by atoms with E-state index in [1.807, 2.05) is 0 Å². The maximum Gasteiger partial charge on any atom is 0.307 e. The Kier molecular flexibility index (Phi) is 6.78. The Bertz CT molecular complexity index is 556. The van der Waals surface area contributed by atoms with E-state index in [0.717, 1.165) is 0 Å². The standard InChI is InChI=1S/C15H21O6P/c1-2-13(11-6-4-3-5-7-11)22(20,21)10-12(15(18)19)8-9-14(16)17/h3-7,12-13H,2,8-10H2,1H3,(H,16,17)(H,18,19)(H,20,21). The molecule has 0 aliphatic carbocycles. The lowest BCUT2D eigenvalue weighted by atomic mass is 10.1. The Morgan fingerprint density at radius 3 is 2.23 bits per heavy atom. The van der Waals surface area contributed by atoms with E-state index < -0.39 is 37.0 Å². The lowest BCUT2D eigenvalue weighted by Crippen LogP contribution is -2.21. The predicted octanol–water partition coefficient (Wildman–Crippen LogP) is 2.97. The molecule has 0 amide bonds. The minimum atomic E-state index is -3.77. The number of carboxylic acids is 2. The summed E-state index contributed by atoms with van der Waals surface area (Å²) in [5, 5.41) is 17.8. The van der Waals surface area contributed by atoms with E-state index in [4.69, 9.17) is 10.2 Å². The molecule has 0 aromatic heterocycles. The van der Waals surface area contributed by atoms with Gasteiger partial charge in [-0.15, -0.1) is 0 Å². The highest BCUT2D eigenvalue weighted by atomic mass is 31.2. The first-order valence-electron chi connectivity index (χ1n) is 7.09. The molecule has 3 atom stereocenters. The second-order valence-corrected chi connectivity index (χ2v) is 7.74. The molecule has 0 saturated carbocycles. The normalized spacial score (nSPS) is 16.5. The maximum absolute atomic E-state index is 12.6. The van der Waals surface area contributed by atoms with Crippen LogP contribution in [0.2, 0.25) is 0 Å². The number of hydrogen-bond donors (Lipinski definition) is 3. The molecule has 0 heterocycles. The zero-order valence-electron chi connectivity index (χ0n) is 12.4. The maximum atomic E-state index is 12.6. The molecule has 1 aromatic rings. The van der Waals surface area contributed by atoms with Gasteiger partial charge < -0.3 is 15.1 Å². The molecule has 0 aliphatic rings. The Morgan fingerprint density at radius 1 is 1.18 bits per heavy atom. The lowest BCUT2D eigenvalue weighted by molar-refractivity contribution is -0.142. The Morgan fingerprint density at radius 2 is 1.77 bits per heavy atom. The molecule has 0 spiro atoms. The van der Waals surface area contributed by atoms with Gasteiger partial charge in [0.15, 0.2) is 0 Å². The molecule has 122 valence electrons. The van der Waals surface area contributed by atoms with Gasteiger partial charge >= 0.3 is 11.9 Å². The highest BCUT2D eigenvalue weighted by molar-refractivity contribution is 7.58. The van der Waals surface area contributed by atoms with Crippen LogP contribution in [0.4, 0.5) is 0 Å². The van der Waals surface area contributed by atoms with Gasteiger partial charge in [-0.1, -0.05) is 37.3 Å². The van der Waals surface area contributed by atoms with Crippen molar-refractivity contribution in [2.45, 2.75) is 31.8 Å². The first kappa shape index (κ1) is 18.4. The van der Waals surface area contributed by atoms with Gasteiger partial charge in [0.2, 0.25) is 7.37 Å². The SMILES string of the molecule is CCC(c1ccccc1)P(=O)(O)CC(CCC(=O)O)C(=O)O. The molecule has 22 heavy (non-hydrogen) atoms. The molecule has 0 radical (unpaired) electrons. The number of carbonyl (C=O) groups is 2. The van der Waals surface area contributed by atoms with Crippen molar-refractivity contribution in [2.75, 3.05) is 6.16 Å². The van der Waals surface area contributed by atoms with Gasteiger partial charge in [-0.25, -0.2) is 0 Å². The smallest absolute Gasteiger partial charge is 0.307 e. The molecule has 1 rings (SSSR count). The van der Waals surface area contributed by atoms with Gasteiger partial charge in [-0.3, -0.25) is 14.2 Å². The quantitative estimate of drug-likeness (QED) is 0.601. The third-order valence-corrected chi connectivity index (χ3v) is 6.20. The van der Waals surface area contributed by atoms with E-state index in [-0.39, 0.29) is 12.8 Å². The van der Waals surface area contributed by atoms with Crippen LogP contribution in [-0.2, 0) is 14.2 Å². The van der Waals surface area contributed by atoms with E-state index in [9.17, 15) is 19.0 Å². The third kappa shape index (κ3) is 5.28. The largest absolute Gasteiger partial charge is 0.481 e. The van der Waals surface area contributed by atoms with Gasteiger partial charge in [0.25, 0.3) is 0 Å². The molecule has 3 N–H and O–H groups in total. The van der Waals surface area contributed by atoms with Crippen LogP contribution in [0.15, 0.2) is 30.3 Å². The van der Waals surface area contributed by atoms with Crippen LogP contribution in [0.25, 0.3) is 0 Å². The summed E-state index contributed by atoms with van der Waals surface area (Å²) in [6.45, 7) is 1.77. The van der Waals surface area contributed by atoms with Crippen LogP contribution < -0.4 is 0 Å². The summed E-state index contributed by atoms with van der Waals surface area (Å²) in [5.74, 6) is -3.49. The van der Waals surface area contributed by atoms with Gasteiger partial charge in [-0.2, -0.15) is 0 Å². The van der Waals surface area contributed by atoms with Crippen LogP contribution in [0.5, 0.6) is 0 Å². The van der Waals surface area contributed by atoms with Crippen molar-refractivity contribution in [1.29, 1.82) is 0 Å². The topological polar surface area (TPSA) is 112 Å². The van der Waals surface area contributed by atoms with Crippen LogP contribution in [0, 0.1) is 5.92 Å². The molecule has 7 heteroatoms. The van der Waals surface area contributed by atoms with Crippen LogP contribution in [-0.4, -0.2) is 33.2 Å². The number of aliphatic carboxylic acids is 2. The highest BCUT2D eigenvalue weighted by Crippen LogP contribution is 2.58. The van der Waals surface area contributed by atoms with Crippen LogP contribution in [0.1, 0.15) is 37.4 Å². The minimum Gasteiger partial charge on any atom is -0.481 e. The second kappa shape index (κ2) is 8.11. The zero-order chi connectivity index (χ0) is 16.8. The van der Waals surface area contributed by atoms with Crippen molar-refractivity contribution in [3.63, 3.8) is 0 Å². The average molecular weight is 328 g/mol. The lowest BCUT2D eigenvalue weighted by Gasteiger charge is -2.24. The highest BCUT2D eigenvalue weighted by Gasteiger charge is 2.36. The third-order valence-electron chi connectivity index (χ3n) is 3.60. The second-order valence-electron chi connectivity index (χ2n) is 5.24. The average Bonchev–Trinajstić information content (AvgIpc) is 2.44. The van der Waals surface area contributed by atoms with Crippen molar-refractivity contribution in [2.24, 2.45) is 5.92 Å². The molecule has 0 bridgehead atoms. The number of carboxylic acid groups (broad SMARTS) is 2. The first-order chi connectivity index (χ1) is 10.3. The van der Waals surface area contributed by atoms with Crippen molar-refractivity contribution in [3.05, 3.63) is 35.9 Å². The first-order valence-corrected chi connectivity index (χ1v) is 9.00. The summed E-state index contributed by atoms with van der Waals surface area (Å²) < 4.78 is 12.6. The van der Waals surface area contributed by atoms with E-state index in [1.54, 1.807) is 37.3 Å². The Hall–Kier alpha value is -1.65. The van der Waals surface area contributed by atoms with E-state index in [2.05, 4.69) is 0 Å². The molecule has 0 saturated heterocycles. The molecular weight excluding hydrogens is 307 g/mol. The summed E-state index contributed by atoms with van der Waals surface area (Å²) in [6.07, 6.45) is -0.494. The summed E-state index contributed by atoms with van der Waals surface area (Å²) in [4.78, 5) is 32.1. The van der Waals surface area contributed by atoms with Gasteiger partial charge in [0.05, 0.1) is 11.6 Å². The molecule has 3 unspecified atom stereocenters. The van der Waals surface area contributed by atoms with Gasteiger partial charge in [0, 0.05) is 12.6 Å². The Balaban J connectivity index is 2.92. The fourth-order valence-electron chi connectivity index (χ4n) is 2.46. The molecule has 6 nitrogen and oxygen atoms in total. The Labute approximate surface area is 129 Å². The summed E-state index contributed by atoms with van der Waals surface area (Å²) in [6, 6.07) is 8.80. The number of hydrogen-bond acceptors (Lipinski definition) is 3. The summed E-state index contributed by atoms with van der Waals surface area (Å²) in [5.41, 5.74) is 0.0542. The van der Waals surface area contributed by atoms with E-state index in [0.29, 0.717) is 12.0 Å². The van der Waals surface area contributed by atoms with E-state index in [1.165, 1.54) is 0 Å². The van der Waals surface area contributed by atoms with Gasteiger partial charge in [0.1, 0.15) is 0 Å². The number of benzene rings is 1. The molecule has 1 aromatic carbocycles. The fraction of sp³-hybridized carbons (Fsp3) is 0.467. The zero-order valence-corrected chi connectivity index (χ0v) is 13.3. The minimum absolute atomic E-state index is 0.152. The fourth-order valence-corrected chi connectivity index (χ4v) is 4.90. The van der Waals surface area contributed by atoms with Crippen LogP contribution in [0.3, 0.4) is 0 Å². The van der Waals surface area contributed by atoms with Crippen molar-refractivity contribution >= 4 is 19.3 Å². The molecule has 0 fully saturated rings. The predicted molar refractivity (Wildman–Crippen MR) is 82.2 cm³/mol. The molecular formula is C15H21O6P. The van der Waals surface area contributed by atoms with Crippen molar-refractivity contribution in [1.82, 2.24) is 0 Å².